The summed E-state index contributed by atoms with van der Waals surface area (Å²) in [5.41, 5.74) is 0. The molecule has 11 heavy (non-hydrogen) atoms. The Kier molecular flexibility index (Phi) is 3.45. The number of hydrogen-bond donors (Lipinski definition) is 1. The average Bonchev–Trinajstić information content (AvgIpc) is 2.50. The normalized spacial score (nSPS) is 11.0. The molecule has 0 saturated heterocycles. The molecule has 0 aliphatic carbocycles. The van der Waals surface area contributed by atoms with E-state index in [1.54, 1.807) is 6.20 Å². The Labute approximate surface area is 67.4 Å². The van der Waals surface area contributed by atoms with Crippen LogP contribution in [0.1, 0.15) is 25.6 Å². The van der Waals surface area contributed by atoms with Gasteiger partial charge in [-0.05, 0) is 19.8 Å². The van der Waals surface area contributed by atoms with Gasteiger partial charge in [-0.3, -0.25) is 0 Å². The van der Waals surface area contributed by atoms with Crippen LogP contribution in [0, 0.1) is 0 Å². The molecule has 0 radical (unpaired) electrons. The van der Waals surface area contributed by atoms with E-state index in [-0.39, 0.29) is 0 Å². The van der Waals surface area contributed by atoms with Gasteiger partial charge in [-0.2, -0.15) is 0 Å². The number of imidazole rings is 1. The van der Waals surface area contributed by atoms with Crippen molar-refractivity contribution in [3.63, 3.8) is 0 Å². The van der Waals surface area contributed by atoms with E-state index in [1.807, 2.05) is 13.1 Å². The van der Waals surface area contributed by atoms with Gasteiger partial charge < -0.3 is 4.98 Å². The van der Waals surface area contributed by atoms with Crippen LogP contribution in [0.4, 0.5) is 0 Å². The van der Waals surface area contributed by atoms with Crippen molar-refractivity contribution >= 4 is 0 Å². The van der Waals surface area contributed by atoms with Crippen molar-refractivity contribution in [2.75, 3.05) is 0 Å². The highest BCUT2D eigenvalue weighted by Crippen LogP contribution is 1.98. The number of nitrogens with zero attached hydrogens (tertiary/aromatic N) is 1. The SMILES string of the molecule is CC=CCCCc1ncc[nH]1. The molecule has 0 aliphatic heterocycles. The summed E-state index contributed by atoms with van der Waals surface area (Å²) in [6.07, 6.45) is 11.3. The molecule has 0 aromatic carbocycles. The zero-order valence-corrected chi connectivity index (χ0v) is 6.88. The molecule has 1 heterocycles. The molecule has 0 unspecified atom stereocenters. The van der Waals surface area contributed by atoms with Crippen LogP contribution in [-0.4, -0.2) is 9.97 Å². The number of hydrogen-bond acceptors (Lipinski definition) is 1. The van der Waals surface area contributed by atoms with Crippen LogP contribution < -0.4 is 0 Å². The predicted octanol–water partition coefficient (Wildman–Crippen LogP) is 2.31. The number of rotatable bonds is 4. The molecule has 2 nitrogen and oxygen atoms in total. The maximum atomic E-state index is 4.13. The zero-order chi connectivity index (χ0) is 7.94. The first-order valence-corrected chi connectivity index (χ1v) is 4.03. The monoisotopic (exact) mass is 150 g/mol. The summed E-state index contributed by atoms with van der Waals surface area (Å²) < 4.78 is 0. The molecule has 2 heteroatoms. The third-order valence-corrected chi connectivity index (χ3v) is 1.57. The largest absolute Gasteiger partial charge is 0.349 e. The Morgan fingerprint density at radius 3 is 3.18 bits per heavy atom. The van der Waals surface area contributed by atoms with Gasteiger partial charge in [0.05, 0.1) is 0 Å². The second-order valence-corrected chi connectivity index (χ2v) is 2.50. The molecule has 0 fully saturated rings. The molecule has 0 atom stereocenters. The van der Waals surface area contributed by atoms with E-state index in [4.69, 9.17) is 0 Å². The van der Waals surface area contributed by atoms with Crippen molar-refractivity contribution in [1.82, 2.24) is 9.97 Å². The number of nitrogens with one attached hydrogen (secondary N) is 1. The van der Waals surface area contributed by atoms with Crippen molar-refractivity contribution in [2.45, 2.75) is 26.2 Å². The molecular formula is C9H14N2. The minimum atomic E-state index is 1.05. The molecular weight excluding hydrogens is 136 g/mol. The van der Waals surface area contributed by atoms with Crippen LogP contribution in [0.3, 0.4) is 0 Å². The van der Waals surface area contributed by atoms with Crippen LogP contribution in [0.2, 0.25) is 0 Å². The van der Waals surface area contributed by atoms with Gasteiger partial charge in [0.1, 0.15) is 5.82 Å². The van der Waals surface area contributed by atoms with E-state index >= 15 is 0 Å². The van der Waals surface area contributed by atoms with Crippen molar-refractivity contribution in [3.8, 4) is 0 Å². The van der Waals surface area contributed by atoms with Gasteiger partial charge in [0.25, 0.3) is 0 Å². The molecule has 1 aromatic rings. The number of allylic oxidation sites excluding steroid dienone is 2. The van der Waals surface area contributed by atoms with E-state index in [1.165, 1.54) is 6.42 Å². The maximum absolute atomic E-state index is 4.13. The Hall–Kier alpha value is -1.05. The molecule has 60 valence electrons. The lowest BCUT2D eigenvalue weighted by atomic mass is 10.2. The zero-order valence-electron chi connectivity index (χ0n) is 6.88. The van der Waals surface area contributed by atoms with Crippen LogP contribution in [0.5, 0.6) is 0 Å². The molecule has 1 rings (SSSR count). The highest BCUT2D eigenvalue weighted by molar-refractivity contribution is 4.88. The topological polar surface area (TPSA) is 28.7 Å². The molecule has 0 bridgehead atoms. The molecule has 0 saturated carbocycles. The fraction of sp³-hybridized carbons (Fsp3) is 0.444. The van der Waals surface area contributed by atoms with Crippen LogP contribution in [0.25, 0.3) is 0 Å². The Morgan fingerprint density at radius 1 is 1.64 bits per heavy atom. The van der Waals surface area contributed by atoms with Gasteiger partial charge in [-0.25, -0.2) is 4.98 Å². The fourth-order valence-electron chi connectivity index (χ4n) is 0.989. The quantitative estimate of drug-likeness (QED) is 0.518. The minimum Gasteiger partial charge on any atom is -0.349 e. The number of aryl methyl sites for hydroxylation is 1. The minimum absolute atomic E-state index is 1.05. The van der Waals surface area contributed by atoms with E-state index in [0.29, 0.717) is 0 Å². The predicted molar refractivity (Wildman–Crippen MR) is 46.3 cm³/mol. The number of H-pyrrole nitrogens is 1. The summed E-state index contributed by atoms with van der Waals surface area (Å²) in [6.45, 7) is 2.05. The molecule has 0 spiro atoms. The van der Waals surface area contributed by atoms with Crippen LogP contribution >= 0.6 is 0 Å². The first kappa shape index (κ1) is 8.05. The first-order chi connectivity index (χ1) is 5.43. The third-order valence-electron chi connectivity index (χ3n) is 1.57. The van der Waals surface area contributed by atoms with Crippen LogP contribution in [-0.2, 0) is 6.42 Å². The summed E-state index contributed by atoms with van der Waals surface area (Å²) in [4.78, 5) is 7.21. The van der Waals surface area contributed by atoms with E-state index in [2.05, 4.69) is 22.1 Å². The average molecular weight is 150 g/mol. The van der Waals surface area contributed by atoms with Gasteiger partial charge in [-0.1, -0.05) is 12.2 Å². The van der Waals surface area contributed by atoms with Gasteiger partial charge in [-0.15, -0.1) is 0 Å². The summed E-state index contributed by atoms with van der Waals surface area (Å²) in [6, 6.07) is 0. The van der Waals surface area contributed by atoms with Crippen molar-refractivity contribution < 1.29 is 0 Å². The van der Waals surface area contributed by atoms with Gasteiger partial charge >= 0.3 is 0 Å². The third kappa shape index (κ3) is 3.03. The number of aromatic nitrogens is 2. The van der Waals surface area contributed by atoms with Crippen molar-refractivity contribution in [3.05, 3.63) is 30.4 Å². The fourth-order valence-corrected chi connectivity index (χ4v) is 0.989. The Bertz CT molecular complexity index is 199. The summed E-state index contributed by atoms with van der Waals surface area (Å²) in [7, 11) is 0. The van der Waals surface area contributed by atoms with Crippen LogP contribution in [0.15, 0.2) is 24.5 Å². The second kappa shape index (κ2) is 4.72. The van der Waals surface area contributed by atoms with Gasteiger partial charge in [0.2, 0.25) is 0 Å². The summed E-state index contributed by atoms with van der Waals surface area (Å²) in [5, 5.41) is 0. The summed E-state index contributed by atoms with van der Waals surface area (Å²) in [5.74, 6) is 1.09. The highest BCUT2D eigenvalue weighted by Gasteiger charge is 1.91. The molecule has 0 aliphatic rings. The van der Waals surface area contributed by atoms with Crippen molar-refractivity contribution in [2.24, 2.45) is 0 Å². The standard InChI is InChI=1S/C9H14N2/c1-2-3-4-5-6-9-10-7-8-11-9/h2-3,7-8H,4-6H2,1H3,(H,10,11). The smallest absolute Gasteiger partial charge is 0.106 e. The summed E-state index contributed by atoms with van der Waals surface area (Å²) >= 11 is 0. The first-order valence-electron chi connectivity index (χ1n) is 4.03. The molecule has 0 amide bonds. The Morgan fingerprint density at radius 2 is 2.55 bits per heavy atom. The number of aromatic amines is 1. The van der Waals surface area contributed by atoms with Gasteiger partial charge in [0.15, 0.2) is 0 Å². The molecule has 1 aromatic heterocycles. The van der Waals surface area contributed by atoms with Gasteiger partial charge in [0, 0.05) is 18.8 Å². The lowest BCUT2D eigenvalue weighted by Crippen LogP contribution is -1.86. The highest BCUT2D eigenvalue weighted by atomic mass is 14.9. The second-order valence-electron chi connectivity index (χ2n) is 2.50. The number of unbranched alkanes of at least 4 members (excludes halogenated alkanes) is 1. The Balaban J connectivity index is 2.14. The van der Waals surface area contributed by atoms with E-state index < -0.39 is 0 Å². The lowest BCUT2D eigenvalue weighted by molar-refractivity contribution is 0.799. The van der Waals surface area contributed by atoms with Crippen molar-refractivity contribution in [1.29, 1.82) is 0 Å². The molecule has 1 N–H and O–H groups in total. The van der Waals surface area contributed by atoms with E-state index in [0.717, 1.165) is 18.7 Å². The lowest BCUT2D eigenvalue weighted by Gasteiger charge is -1.91. The van der Waals surface area contributed by atoms with E-state index in [9.17, 15) is 0 Å². The maximum Gasteiger partial charge on any atom is 0.106 e.